The number of hydrogen-bond donors (Lipinski definition) is 1. The molecule has 0 aliphatic rings. The Labute approximate surface area is 236 Å². The van der Waals surface area contributed by atoms with Crippen molar-refractivity contribution in [2.75, 3.05) is 19.8 Å². The molecular formula is C33H38O7. The van der Waals surface area contributed by atoms with Gasteiger partial charge in [0.2, 0.25) is 0 Å². The first kappa shape index (κ1) is 30.6. The van der Waals surface area contributed by atoms with Crippen molar-refractivity contribution >= 4 is 18.2 Å². The molecule has 3 aromatic carbocycles. The summed E-state index contributed by atoms with van der Waals surface area (Å²) in [5.41, 5.74) is 3.85. The number of ether oxygens (including phenoxy) is 3. The fourth-order valence-electron chi connectivity index (χ4n) is 4.23. The average Bonchev–Trinajstić information content (AvgIpc) is 2.96. The minimum atomic E-state index is -0.576. The smallest absolute Gasteiger partial charge is 0.343 e. The lowest BCUT2D eigenvalue weighted by molar-refractivity contribution is 0.0508. The van der Waals surface area contributed by atoms with Gasteiger partial charge in [0.1, 0.15) is 11.5 Å². The molecule has 0 atom stereocenters. The van der Waals surface area contributed by atoms with Crippen LogP contribution in [0.3, 0.4) is 0 Å². The number of carbonyl (C=O) groups excluding carboxylic acids is 3. The topological polar surface area (TPSA) is 99.1 Å². The van der Waals surface area contributed by atoms with Crippen molar-refractivity contribution in [2.24, 2.45) is 0 Å². The quantitative estimate of drug-likeness (QED) is 0.0973. The molecule has 3 aromatic rings. The molecule has 0 fully saturated rings. The van der Waals surface area contributed by atoms with E-state index in [1.54, 1.807) is 48.5 Å². The molecule has 0 heterocycles. The number of unbranched alkanes of at least 4 members (excludes halogenated alkanes) is 3. The second kappa shape index (κ2) is 16.2. The molecule has 3 rings (SSSR count). The summed E-state index contributed by atoms with van der Waals surface area (Å²) in [6, 6.07) is 17.4. The third-order valence-electron chi connectivity index (χ3n) is 6.48. The van der Waals surface area contributed by atoms with Crippen LogP contribution in [0.15, 0.2) is 60.7 Å². The minimum Gasteiger partial charge on any atom is -0.493 e. The van der Waals surface area contributed by atoms with Gasteiger partial charge in [-0.2, -0.15) is 0 Å². The van der Waals surface area contributed by atoms with E-state index in [1.165, 1.54) is 5.56 Å². The van der Waals surface area contributed by atoms with Gasteiger partial charge in [0, 0.05) is 13.0 Å². The predicted octanol–water partition coefficient (Wildman–Crippen LogP) is 6.31. The van der Waals surface area contributed by atoms with Crippen LogP contribution in [0, 0.1) is 6.92 Å². The molecule has 0 aliphatic carbocycles. The third-order valence-corrected chi connectivity index (χ3v) is 6.48. The van der Waals surface area contributed by atoms with Gasteiger partial charge < -0.3 is 19.3 Å². The second-order valence-electron chi connectivity index (χ2n) is 9.68. The second-order valence-corrected chi connectivity index (χ2v) is 9.68. The number of aliphatic hydroxyl groups is 1. The van der Waals surface area contributed by atoms with Gasteiger partial charge in [-0.3, -0.25) is 4.79 Å². The molecule has 0 spiro atoms. The molecule has 0 aliphatic heterocycles. The van der Waals surface area contributed by atoms with E-state index in [1.807, 2.05) is 19.1 Å². The van der Waals surface area contributed by atoms with Gasteiger partial charge in [0.05, 0.1) is 29.9 Å². The summed E-state index contributed by atoms with van der Waals surface area (Å²) in [6.07, 6.45) is 6.71. The van der Waals surface area contributed by atoms with Crippen LogP contribution >= 0.6 is 0 Å². The monoisotopic (exact) mass is 546 g/mol. The number of rotatable bonds is 16. The molecule has 0 saturated heterocycles. The van der Waals surface area contributed by atoms with E-state index in [2.05, 4.69) is 6.92 Å². The van der Waals surface area contributed by atoms with Crippen molar-refractivity contribution in [3.05, 3.63) is 94.0 Å². The number of carbonyl (C=O) groups is 3. The van der Waals surface area contributed by atoms with E-state index in [-0.39, 0.29) is 24.5 Å². The van der Waals surface area contributed by atoms with E-state index >= 15 is 0 Å². The molecule has 0 unspecified atom stereocenters. The lowest BCUT2D eigenvalue weighted by atomic mass is 10.1. The Bertz CT molecular complexity index is 1260. The van der Waals surface area contributed by atoms with Crippen molar-refractivity contribution in [3.63, 3.8) is 0 Å². The van der Waals surface area contributed by atoms with Crippen LogP contribution < -0.4 is 9.47 Å². The summed E-state index contributed by atoms with van der Waals surface area (Å²) in [5.74, 6) is -0.109. The fraction of sp³-hybridized carbons (Fsp3) is 0.364. The predicted molar refractivity (Wildman–Crippen MR) is 153 cm³/mol. The Hall–Kier alpha value is -3.97. The highest BCUT2D eigenvalue weighted by atomic mass is 16.5. The standard InChI is InChI=1S/C33H38O7/c1-3-8-25-9-12-27(13-10-25)32(36)39-20-17-26-11-15-31(29(22-26)23-35)40-33(37)28-14-16-30(24(2)21-28)38-19-7-5-4-6-18-34/h9-16,21-23,34H,3-8,17-20H2,1-2H3. The van der Waals surface area contributed by atoms with Crippen molar-refractivity contribution < 1.29 is 33.7 Å². The summed E-state index contributed by atoms with van der Waals surface area (Å²) in [4.78, 5) is 36.8. The fourth-order valence-corrected chi connectivity index (χ4v) is 4.23. The molecule has 1 N–H and O–H groups in total. The van der Waals surface area contributed by atoms with E-state index in [9.17, 15) is 14.4 Å². The summed E-state index contributed by atoms with van der Waals surface area (Å²) < 4.78 is 16.7. The number of aliphatic hydroxyl groups excluding tert-OH is 1. The maximum absolute atomic E-state index is 12.8. The summed E-state index contributed by atoms with van der Waals surface area (Å²) in [7, 11) is 0. The first-order valence-corrected chi connectivity index (χ1v) is 13.9. The normalized spacial score (nSPS) is 10.7. The zero-order valence-electron chi connectivity index (χ0n) is 23.3. The van der Waals surface area contributed by atoms with Crippen molar-refractivity contribution in [2.45, 2.75) is 58.8 Å². The Morgan fingerprint density at radius 1 is 0.775 bits per heavy atom. The maximum Gasteiger partial charge on any atom is 0.343 e. The van der Waals surface area contributed by atoms with Crippen LogP contribution in [0.2, 0.25) is 0 Å². The zero-order valence-corrected chi connectivity index (χ0v) is 23.3. The number of benzene rings is 3. The third kappa shape index (κ3) is 9.35. The SMILES string of the molecule is CCCc1ccc(C(=O)OCCc2ccc(OC(=O)c3ccc(OCCCCCCO)c(C)c3)c(C=O)c2)cc1. The maximum atomic E-state index is 12.8. The van der Waals surface area contributed by atoms with Gasteiger partial charge in [-0.25, -0.2) is 9.59 Å². The number of hydrogen-bond acceptors (Lipinski definition) is 7. The number of esters is 2. The first-order valence-electron chi connectivity index (χ1n) is 13.9. The summed E-state index contributed by atoms with van der Waals surface area (Å²) in [6.45, 7) is 4.90. The van der Waals surface area contributed by atoms with Crippen LogP contribution in [0.1, 0.15) is 86.8 Å². The van der Waals surface area contributed by atoms with Crippen molar-refractivity contribution in [3.8, 4) is 11.5 Å². The van der Waals surface area contributed by atoms with Gasteiger partial charge in [0.15, 0.2) is 6.29 Å². The van der Waals surface area contributed by atoms with Crippen LogP contribution in [0.25, 0.3) is 0 Å². The zero-order chi connectivity index (χ0) is 28.7. The molecular weight excluding hydrogens is 508 g/mol. The Balaban J connectivity index is 1.52. The molecule has 0 amide bonds. The highest BCUT2D eigenvalue weighted by Gasteiger charge is 2.15. The lowest BCUT2D eigenvalue weighted by Crippen LogP contribution is -2.11. The molecule has 7 heteroatoms. The van der Waals surface area contributed by atoms with Crippen LogP contribution in [-0.4, -0.2) is 43.2 Å². The van der Waals surface area contributed by atoms with E-state index in [0.29, 0.717) is 36.2 Å². The summed E-state index contributed by atoms with van der Waals surface area (Å²) in [5, 5.41) is 8.84. The molecule has 0 aromatic heterocycles. The minimum absolute atomic E-state index is 0.156. The molecule has 0 radical (unpaired) electrons. The molecule has 7 nitrogen and oxygen atoms in total. The highest BCUT2D eigenvalue weighted by Crippen LogP contribution is 2.23. The Morgan fingerprint density at radius 2 is 1.48 bits per heavy atom. The van der Waals surface area contributed by atoms with Crippen LogP contribution in [0.4, 0.5) is 0 Å². The summed E-state index contributed by atoms with van der Waals surface area (Å²) >= 11 is 0. The highest BCUT2D eigenvalue weighted by molar-refractivity contribution is 5.93. The number of aryl methyl sites for hydroxylation is 2. The van der Waals surface area contributed by atoms with Gasteiger partial charge >= 0.3 is 11.9 Å². The van der Waals surface area contributed by atoms with Gasteiger partial charge in [0.25, 0.3) is 0 Å². The molecule has 0 saturated carbocycles. The van der Waals surface area contributed by atoms with Gasteiger partial charge in [-0.05, 0) is 91.8 Å². The number of aldehydes is 1. The van der Waals surface area contributed by atoms with Crippen LogP contribution in [0.5, 0.6) is 11.5 Å². The molecule has 212 valence electrons. The van der Waals surface area contributed by atoms with E-state index < -0.39 is 11.9 Å². The van der Waals surface area contributed by atoms with Crippen molar-refractivity contribution in [1.29, 1.82) is 0 Å². The Kier molecular flexibility index (Phi) is 12.4. The lowest BCUT2D eigenvalue weighted by Gasteiger charge is -2.12. The first-order chi connectivity index (χ1) is 19.4. The average molecular weight is 547 g/mol. The van der Waals surface area contributed by atoms with E-state index in [0.717, 1.165) is 49.7 Å². The van der Waals surface area contributed by atoms with Crippen molar-refractivity contribution in [1.82, 2.24) is 0 Å². The Morgan fingerprint density at radius 3 is 2.17 bits per heavy atom. The van der Waals surface area contributed by atoms with E-state index in [4.69, 9.17) is 19.3 Å². The van der Waals surface area contributed by atoms with Gasteiger partial charge in [-0.1, -0.05) is 38.0 Å². The molecule has 0 bridgehead atoms. The largest absolute Gasteiger partial charge is 0.493 e. The van der Waals surface area contributed by atoms with Crippen LogP contribution in [-0.2, 0) is 17.6 Å². The van der Waals surface area contributed by atoms with Gasteiger partial charge in [-0.15, -0.1) is 0 Å². The molecule has 40 heavy (non-hydrogen) atoms.